The van der Waals surface area contributed by atoms with Gasteiger partial charge in [0.15, 0.2) is 0 Å². The Kier molecular flexibility index (Phi) is 4.57. The van der Waals surface area contributed by atoms with Crippen molar-refractivity contribution in [2.24, 2.45) is 5.73 Å². The molecule has 0 aliphatic heterocycles. The van der Waals surface area contributed by atoms with Gasteiger partial charge >= 0.3 is 0 Å². The lowest BCUT2D eigenvalue weighted by Crippen LogP contribution is -2.21. The SMILES string of the molecule is CN(Cc1cccc(F)c1)c1ccc(Cl)cc1C(N)=S. The van der Waals surface area contributed by atoms with E-state index in [1.165, 1.54) is 12.1 Å². The Balaban J connectivity index is 2.29. The van der Waals surface area contributed by atoms with E-state index in [0.29, 0.717) is 17.1 Å². The first-order valence-electron chi connectivity index (χ1n) is 6.02. The molecular formula is C15H14ClFN2S. The van der Waals surface area contributed by atoms with Crippen LogP contribution < -0.4 is 10.6 Å². The van der Waals surface area contributed by atoms with Gasteiger partial charge in [0.1, 0.15) is 10.8 Å². The fraction of sp³-hybridized carbons (Fsp3) is 0.133. The fourth-order valence-electron chi connectivity index (χ4n) is 2.03. The second kappa shape index (κ2) is 6.20. The van der Waals surface area contributed by atoms with Crippen molar-refractivity contribution in [3.63, 3.8) is 0 Å². The summed E-state index contributed by atoms with van der Waals surface area (Å²) in [4.78, 5) is 2.24. The molecule has 0 spiro atoms. The normalized spacial score (nSPS) is 10.3. The predicted molar refractivity (Wildman–Crippen MR) is 85.8 cm³/mol. The second-order valence-corrected chi connectivity index (χ2v) is 5.39. The van der Waals surface area contributed by atoms with Gasteiger partial charge < -0.3 is 10.6 Å². The van der Waals surface area contributed by atoms with Gasteiger partial charge in [-0.2, -0.15) is 0 Å². The zero-order chi connectivity index (χ0) is 14.7. The highest BCUT2D eigenvalue weighted by atomic mass is 35.5. The number of hydrogen-bond donors (Lipinski definition) is 1. The van der Waals surface area contributed by atoms with Gasteiger partial charge in [0.25, 0.3) is 0 Å². The first kappa shape index (κ1) is 14.8. The molecule has 0 radical (unpaired) electrons. The van der Waals surface area contributed by atoms with E-state index in [1.807, 2.05) is 24.1 Å². The summed E-state index contributed by atoms with van der Waals surface area (Å²) in [5.41, 5.74) is 8.18. The van der Waals surface area contributed by atoms with Crippen LogP contribution in [0.2, 0.25) is 5.02 Å². The molecule has 0 bridgehead atoms. The highest BCUT2D eigenvalue weighted by Gasteiger charge is 2.11. The Morgan fingerprint density at radius 1 is 1.30 bits per heavy atom. The molecule has 0 aromatic heterocycles. The van der Waals surface area contributed by atoms with Crippen molar-refractivity contribution in [2.75, 3.05) is 11.9 Å². The quantitative estimate of drug-likeness (QED) is 0.872. The van der Waals surface area contributed by atoms with E-state index in [1.54, 1.807) is 18.2 Å². The Labute approximate surface area is 128 Å². The third-order valence-electron chi connectivity index (χ3n) is 2.94. The molecule has 5 heteroatoms. The van der Waals surface area contributed by atoms with Crippen LogP contribution in [0.15, 0.2) is 42.5 Å². The number of nitrogens with two attached hydrogens (primary N) is 1. The number of anilines is 1. The summed E-state index contributed by atoms with van der Waals surface area (Å²) in [7, 11) is 1.90. The molecule has 2 N–H and O–H groups in total. The predicted octanol–water partition coefficient (Wildman–Crippen LogP) is 3.75. The van der Waals surface area contributed by atoms with E-state index >= 15 is 0 Å². The van der Waals surface area contributed by atoms with Crippen molar-refractivity contribution in [1.82, 2.24) is 0 Å². The highest BCUT2D eigenvalue weighted by molar-refractivity contribution is 7.80. The molecule has 104 valence electrons. The number of nitrogens with zero attached hydrogens (tertiary/aromatic N) is 1. The Bertz CT molecular complexity index is 646. The molecule has 0 atom stereocenters. The zero-order valence-corrected chi connectivity index (χ0v) is 12.5. The molecule has 0 aliphatic carbocycles. The lowest BCUT2D eigenvalue weighted by molar-refractivity contribution is 0.625. The zero-order valence-electron chi connectivity index (χ0n) is 10.9. The van der Waals surface area contributed by atoms with Gasteiger partial charge in [-0.1, -0.05) is 36.0 Å². The summed E-state index contributed by atoms with van der Waals surface area (Å²) >= 11 is 11.0. The molecule has 0 amide bonds. The molecule has 0 saturated heterocycles. The van der Waals surface area contributed by atoms with Crippen molar-refractivity contribution in [3.05, 3.63) is 64.4 Å². The molecule has 2 aromatic carbocycles. The van der Waals surface area contributed by atoms with Crippen LogP contribution in [0.25, 0.3) is 0 Å². The van der Waals surface area contributed by atoms with Gasteiger partial charge in [-0.15, -0.1) is 0 Å². The van der Waals surface area contributed by atoms with E-state index in [-0.39, 0.29) is 10.8 Å². The second-order valence-electron chi connectivity index (χ2n) is 4.51. The van der Waals surface area contributed by atoms with E-state index in [4.69, 9.17) is 29.6 Å². The third-order valence-corrected chi connectivity index (χ3v) is 3.40. The Hall–Kier alpha value is -1.65. The molecule has 20 heavy (non-hydrogen) atoms. The maximum absolute atomic E-state index is 13.2. The monoisotopic (exact) mass is 308 g/mol. The summed E-state index contributed by atoms with van der Waals surface area (Å²) < 4.78 is 13.2. The molecule has 2 rings (SSSR count). The van der Waals surface area contributed by atoms with Crippen molar-refractivity contribution in [1.29, 1.82) is 0 Å². The van der Waals surface area contributed by atoms with Crippen LogP contribution in [0.3, 0.4) is 0 Å². The van der Waals surface area contributed by atoms with Crippen LogP contribution in [0.5, 0.6) is 0 Å². The minimum atomic E-state index is -0.249. The topological polar surface area (TPSA) is 29.3 Å². The highest BCUT2D eigenvalue weighted by Crippen LogP contribution is 2.25. The Morgan fingerprint density at radius 3 is 2.70 bits per heavy atom. The van der Waals surface area contributed by atoms with Gasteiger partial charge in [-0.25, -0.2) is 4.39 Å². The first-order valence-corrected chi connectivity index (χ1v) is 6.81. The molecule has 0 saturated carbocycles. The van der Waals surface area contributed by atoms with E-state index < -0.39 is 0 Å². The number of benzene rings is 2. The van der Waals surface area contributed by atoms with E-state index in [2.05, 4.69) is 0 Å². The minimum Gasteiger partial charge on any atom is -0.389 e. The summed E-state index contributed by atoms with van der Waals surface area (Å²) in [5.74, 6) is -0.249. The molecule has 0 aliphatic rings. The van der Waals surface area contributed by atoms with E-state index in [0.717, 1.165) is 11.3 Å². The van der Waals surface area contributed by atoms with Gasteiger partial charge in [-0.05, 0) is 35.9 Å². The fourth-order valence-corrected chi connectivity index (χ4v) is 2.37. The van der Waals surface area contributed by atoms with Crippen LogP contribution in [0.1, 0.15) is 11.1 Å². The lowest BCUT2D eigenvalue weighted by atomic mass is 10.1. The molecule has 0 fully saturated rings. The van der Waals surface area contributed by atoms with Crippen LogP contribution >= 0.6 is 23.8 Å². The first-order chi connectivity index (χ1) is 9.47. The average Bonchev–Trinajstić information content (AvgIpc) is 2.38. The maximum Gasteiger partial charge on any atom is 0.123 e. The Morgan fingerprint density at radius 2 is 2.05 bits per heavy atom. The van der Waals surface area contributed by atoms with Crippen LogP contribution in [-0.4, -0.2) is 12.0 Å². The summed E-state index contributed by atoms with van der Waals surface area (Å²) in [6, 6.07) is 11.9. The summed E-state index contributed by atoms with van der Waals surface area (Å²) in [5, 5.41) is 0.579. The number of halogens is 2. The number of hydrogen-bond acceptors (Lipinski definition) is 2. The van der Waals surface area contributed by atoms with Gasteiger partial charge in [0.2, 0.25) is 0 Å². The summed E-state index contributed by atoms with van der Waals surface area (Å²) in [6.07, 6.45) is 0. The van der Waals surface area contributed by atoms with Crippen molar-refractivity contribution < 1.29 is 4.39 Å². The smallest absolute Gasteiger partial charge is 0.123 e. The minimum absolute atomic E-state index is 0.249. The van der Waals surface area contributed by atoms with Crippen molar-refractivity contribution in [3.8, 4) is 0 Å². The van der Waals surface area contributed by atoms with Crippen molar-refractivity contribution in [2.45, 2.75) is 6.54 Å². The van der Waals surface area contributed by atoms with Gasteiger partial charge in [0, 0.05) is 29.9 Å². The van der Waals surface area contributed by atoms with Crippen LogP contribution in [-0.2, 0) is 6.54 Å². The van der Waals surface area contributed by atoms with Crippen molar-refractivity contribution >= 4 is 34.5 Å². The largest absolute Gasteiger partial charge is 0.389 e. The number of rotatable bonds is 4. The lowest BCUT2D eigenvalue weighted by Gasteiger charge is -2.22. The standard InChI is InChI=1S/C15H14ClFN2S/c1-19(9-10-3-2-4-12(17)7-10)14-6-5-11(16)8-13(14)15(18)20/h2-8H,9H2,1H3,(H2,18,20). The molecule has 0 heterocycles. The summed E-state index contributed by atoms with van der Waals surface area (Å²) in [6.45, 7) is 0.551. The van der Waals surface area contributed by atoms with E-state index in [9.17, 15) is 4.39 Å². The maximum atomic E-state index is 13.2. The molecule has 0 unspecified atom stereocenters. The van der Waals surface area contributed by atoms with Gasteiger partial charge in [0.05, 0.1) is 0 Å². The van der Waals surface area contributed by atoms with Gasteiger partial charge in [-0.3, -0.25) is 0 Å². The average molecular weight is 309 g/mol. The molecule has 2 nitrogen and oxygen atoms in total. The number of thiocarbonyl (C=S) groups is 1. The van der Waals surface area contributed by atoms with Crippen LogP contribution in [0.4, 0.5) is 10.1 Å². The van der Waals surface area contributed by atoms with Crippen LogP contribution in [0, 0.1) is 5.82 Å². The third kappa shape index (κ3) is 3.46. The molecular weight excluding hydrogens is 295 g/mol. The molecule has 2 aromatic rings.